The topological polar surface area (TPSA) is 105 Å². The number of quaternary nitrogens is 1. The number of rotatable bonds is 46. The number of hydrogen-bond donors (Lipinski definition) is 3. The Hall–Kier alpha value is -1.28. The average molecular weight is 868 g/mol. The van der Waals surface area contributed by atoms with E-state index in [4.69, 9.17) is 9.05 Å². The van der Waals surface area contributed by atoms with E-state index < -0.39 is 20.0 Å². The van der Waals surface area contributed by atoms with Crippen LogP contribution in [0.4, 0.5) is 0 Å². The first-order valence-electron chi connectivity index (χ1n) is 25.4. The Morgan fingerprint density at radius 1 is 0.550 bits per heavy atom. The summed E-state index contributed by atoms with van der Waals surface area (Å²) in [5.74, 6) is -0.187. The molecule has 0 aromatic heterocycles. The van der Waals surface area contributed by atoms with Gasteiger partial charge in [0.05, 0.1) is 39.9 Å². The van der Waals surface area contributed by atoms with E-state index in [1.807, 2.05) is 27.2 Å². The maximum atomic E-state index is 12.9. The first-order valence-corrected chi connectivity index (χ1v) is 26.9. The summed E-state index contributed by atoms with van der Waals surface area (Å²) in [4.78, 5) is 23.2. The summed E-state index contributed by atoms with van der Waals surface area (Å²) in [7, 11) is 1.56. The SMILES string of the molecule is CCCCCCCCCC/C=C\CCCCCCCCCCCCCC(=O)NC(COP(=O)(O)OCC[N+](C)(C)C)C(O)/C=C/CC/C=C/CCCCCCCCCCC. The molecule has 354 valence electrons. The Bertz CT molecular complexity index is 1070. The minimum atomic E-state index is -4.35. The van der Waals surface area contributed by atoms with E-state index in [-0.39, 0.29) is 19.1 Å². The summed E-state index contributed by atoms with van der Waals surface area (Å²) in [6.45, 7) is 4.80. The Labute approximate surface area is 372 Å². The highest BCUT2D eigenvalue weighted by Gasteiger charge is 2.27. The molecule has 0 spiro atoms. The van der Waals surface area contributed by atoms with Crippen molar-refractivity contribution in [3.63, 3.8) is 0 Å². The third kappa shape index (κ3) is 44.8. The van der Waals surface area contributed by atoms with Crippen LogP contribution in [0.5, 0.6) is 0 Å². The first-order chi connectivity index (χ1) is 29.0. The van der Waals surface area contributed by atoms with Gasteiger partial charge in [0.25, 0.3) is 0 Å². The summed E-state index contributed by atoms with van der Waals surface area (Å²) >= 11 is 0. The van der Waals surface area contributed by atoms with Gasteiger partial charge in [-0.05, 0) is 57.8 Å². The third-order valence-corrected chi connectivity index (χ3v) is 12.3. The van der Waals surface area contributed by atoms with Gasteiger partial charge in [-0.2, -0.15) is 0 Å². The predicted octanol–water partition coefficient (Wildman–Crippen LogP) is 14.6. The summed E-state index contributed by atoms with van der Waals surface area (Å²) in [6, 6.07) is -0.862. The lowest BCUT2D eigenvalue weighted by Crippen LogP contribution is -2.45. The Kier molecular flexibility index (Phi) is 42.1. The van der Waals surface area contributed by atoms with Crippen LogP contribution in [0, 0.1) is 0 Å². The molecule has 0 saturated heterocycles. The molecule has 0 aliphatic heterocycles. The zero-order valence-electron chi connectivity index (χ0n) is 40.2. The van der Waals surface area contributed by atoms with Crippen LogP contribution in [0.1, 0.15) is 232 Å². The lowest BCUT2D eigenvalue weighted by molar-refractivity contribution is -0.870. The van der Waals surface area contributed by atoms with E-state index in [1.165, 1.54) is 173 Å². The van der Waals surface area contributed by atoms with E-state index >= 15 is 0 Å². The molecule has 0 saturated carbocycles. The van der Waals surface area contributed by atoms with Crippen LogP contribution in [0.25, 0.3) is 0 Å². The van der Waals surface area contributed by atoms with E-state index in [2.05, 4.69) is 43.5 Å². The van der Waals surface area contributed by atoms with Crippen molar-refractivity contribution in [3.05, 3.63) is 36.5 Å². The maximum Gasteiger partial charge on any atom is 0.472 e. The monoisotopic (exact) mass is 868 g/mol. The number of phosphoric acid groups is 1. The second kappa shape index (κ2) is 43.0. The van der Waals surface area contributed by atoms with E-state index in [9.17, 15) is 19.4 Å². The van der Waals surface area contributed by atoms with Crippen molar-refractivity contribution in [1.82, 2.24) is 5.32 Å². The second-order valence-corrected chi connectivity index (χ2v) is 20.0. The van der Waals surface area contributed by atoms with Crippen LogP contribution in [-0.4, -0.2) is 73.4 Å². The van der Waals surface area contributed by atoms with E-state index in [0.29, 0.717) is 17.4 Å². The smallest absolute Gasteiger partial charge is 0.387 e. The fraction of sp³-hybridized carbons (Fsp3) is 0.863. The fourth-order valence-electron chi connectivity index (χ4n) is 7.29. The molecule has 3 atom stereocenters. The normalized spacial score (nSPS) is 14.4. The van der Waals surface area contributed by atoms with Crippen molar-refractivity contribution in [2.24, 2.45) is 0 Å². The number of hydrogen-bond acceptors (Lipinski definition) is 5. The number of carbonyl (C=O) groups is 1. The quantitative estimate of drug-likeness (QED) is 0.0244. The number of nitrogens with one attached hydrogen (secondary N) is 1. The molecule has 0 rings (SSSR count). The van der Waals surface area contributed by atoms with Gasteiger partial charge in [0.1, 0.15) is 13.2 Å². The minimum absolute atomic E-state index is 0.0565. The standard InChI is InChI=1S/C51H99N2O6P/c1-6-8-10-12-14-16-18-20-22-23-24-25-26-27-28-29-31-33-35-37-39-41-43-45-51(55)52-49(48-59-60(56,57)58-47-46-53(3,4)5)50(54)44-42-40-38-36-34-32-30-21-19-17-15-13-11-9-7-2/h23-24,34,36,42,44,49-50,54H,6-22,25-33,35,37-41,43,45-48H2,1-5H3,(H-,52,55,56,57)/p+1/b24-23-,36-34+,44-42+. The van der Waals surface area contributed by atoms with Gasteiger partial charge in [-0.3, -0.25) is 13.8 Å². The molecular formula is C51H100N2O6P+. The number of unbranched alkanes of at least 4 members (excludes halogenated alkanes) is 29. The van der Waals surface area contributed by atoms with Crippen LogP contribution in [0.15, 0.2) is 36.5 Å². The molecule has 0 aliphatic carbocycles. The van der Waals surface area contributed by atoms with Crippen molar-refractivity contribution in [1.29, 1.82) is 0 Å². The summed E-state index contributed by atoms with van der Waals surface area (Å²) in [6.07, 6.45) is 53.7. The highest BCUT2D eigenvalue weighted by atomic mass is 31.2. The molecule has 9 heteroatoms. The molecular weight excluding hydrogens is 768 g/mol. The highest BCUT2D eigenvalue weighted by molar-refractivity contribution is 7.47. The van der Waals surface area contributed by atoms with Gasteiger partial charge in [0.15, 0.2) is 0 Å². The number of aliphatic hydroxyl groups excluding tert-OH is 1. The van der Waals surface area contributed by atoms with E-state index in [0.717, 1.165) is 38.5 Å². The van der Waals surface area contributed by atoms with Crippen LogP contribution in [0.2, 0.25) is 0 Å². The number of phosphoric ester groups is 1. The zero-order valence-corrected chi connectivity index (χ0v) is 41.1. The molecule has 3 N–H and O–H groups in total. The molecule has 0 aromatic rings. The molecule has 0 fully saturated rings. The van der Waals surface area contributed by atoms with Crippen molar-refractivity contribution < 1.29 is 32.9 Å². The lowest BCUT2D eigenvalue weighted by Gasteiger charge is -2.25. The van der Waals surface area contributed by atoms with E-state index in [1.54, 1.807) is 6.08 Å². The summed E-state index contributed by atoms with van der Waals surface area (Å²) in [5, 5.41) is 13.8. The fourth-order valence-corrected chi connectivity index (χ4v) is 8.02. The Morgan fingerprint density at radius 2 is 0.917 bits per heavy atom. The molecule has 0 radical (unpaired) electrons. The molecule has 1 amide bonds. The second-order valence-electron chi connectivity index (χ2n) is 18.5. The molecule has 8 nitrogen and oxygen atoms in total. The van der Waals surface area contributed by atoms with Crippen LogP contribution in [-0.2, 0) is 18.4 Å². The van der Waals surface area contributed by atoms with Gasteiger partial charge < -0.3 is 19.8 Å². The molecule has 0 aliphatic rings. The van der Waals surface area contributed by atoms with Crippen molar-refractivity contribution >= 4 is 13.7 Å². The number of carbonyl (C=O) groups excluding carboxylic acids is 1. The van der Waals surface area contributed by atoms with Gasteiger partial charge in [-0.15, -0.1) is 0 Å². The number of nitrogens with zero attached hydrogens (tertiary/aromatic N) is 1. The van der Waals surface area contributed by atoms with Crippen LogP contribution >= 0.6 is 7.82 Å². The average Bonchev–Trinajstić information content (AvgIpc) is 3.20. The molecule has 0 aromatic carbocycles. The van der Waals surface area contributed by atoms with Gasteiger partial charge in [0, 0.05) is 6.42 Å². The Morgan fingerprint density at radius 3 is 1.33 bits per heavy atom. The predicted molar refractivity (Wildman–Crippen MR) is 258 cm³/mol. The largest absolute Gasteiger partial charge is 0.472 e. The molecule has 0 bridgehead atoms. The number of amides is 1. The van der Waals surface area contributed by atoms with Crippen LogP contribution in [0.3, 0.4) is 0 Å². The number of aliphatic hydroxyl groups is 1. The van der Waals surface area contributed by atoms with Crippen molar-refractivity contribution in [2.45, 2.75) is 244 Å². The summed E-state index contributed by atoms with van der Waals surface area (Å²) in [5.41, 5.74) is 0. The lowest BCUT2D eigenvalue weighted by atomic mass is 10.0. The van der Waals surface area contributed by atoms with Gasteiger partial charge in [-0.25, -0.2) is 4.57 Å². The van der Waals surface area contributed by atoms with Crippen LogP contribution < -0.4 is 5.32 Å². The molecule has 0 heterocycles. The minimum Gasteiger partial charge on any atom is -0.387 e. The third-order valence-electron chi connectivity index (χ3n) is 11.3. The van der Waals surface area contributed by atoms with Gasteiger partial charge >= 0.3 is 7.82 Å². The van der Waals surface area contributed by atoms with Gasteiger partial charge in [-0.1, -0.05) is 204 Å². The van der Waals surface area contributed by atoms with Crippen molar-refractivity contribution in [3.8, 4) is 0 Å². The molecule has 3 unspecified atom stereocenters. The number of likely N-dealkylation sites (N-methyl/N-ethyl adjacent to an activating group) is 1. The maximum absolute atomic E-state index is 12.9. The summed E-state index contributed by atoms with van der Waals surface area (Å²) < 4.78 is 23.6. The first kappa shape index (κ1) is 58.7. The highest BCUT2D eigenvalue weighted by Crippen LogP contribution is 2.43. The molecule has 60 heavy (non-hydrogen) atoms. The Balaban J connectivity index is 4.29. The zero-order chi connectivity index (χ0) is 44.3. The number of allylic oxidation sites excluding steroid dienone is 5. The van der Waals surface area contributed by atoms with Crippen molar-refractivity contribution in [2.75, 3.05) is 40.9 Å². The van der Waals surface area contributed by atoms with Gasteiger partial charge in [0.2, 0.25) is 5.91 Å².